The van der Waals surface area contributed by atoms with Gasteiger partial charge in [0.05, 0.1) is 13.7 Å². The Morgan fingerprint density at radius 1 is 1.07 bits per heavy atom. The number of hydrogen-bond donors (Lipinski definition) is 1. The van der Waals surface area contributed by atoms with Crippen molar-refractivity contribution in [2.45, 2.75) is 64.5 Å². The topological polar surface area (TPSA) is 45.2 Å². The van der Waals surface area contributed by atoms with E-state index in [9.17, 15) is 5.11 Å². The molecule has 2 unspecified atom stereocenters. The molecule has 0 radical (unpaired) electrons. The molecule has 0 saturated carbocycles. The molecular weight excluding hydrogens is 503 g/mol. The van der Waals surface area contributed by atoms with Gasteiger partial charge < -0.3 is 19.5 Å². The molecule has 216 valence electrons. The molecule has 3 aliphatic rings. The number of phenols is 1. The van der Waals surface area contributed by atoms with Crippen LogP contribution in [0.4, 0.5) is 4.39 Å². The molecule has 2 aliphatic carbocycles. The molecule has 1 saturated heterocycles. The normalized spacial score (nSPS) is 23.1. The average molecular weight is 549 g/mol. The Balaban J connectivity index is 1.23. The van der Waals surface area contributed by atoms with Crippen molar-refractivity contribution in [2.75, 3.05) is 39.9 Å². The minimum absolute atomic E-state index is 0.155. The van der Waals surface area contributed by atoms with Crippen molar-refractivity contribution in [1.82, 2.24) is 9.80 Å². The van der Waals surface area contributed by atoms with E-state index in [-0.39, 0.29) is 11.9 Å². The summed E-state index contributed by atoms with van der Waals surface area (Å²) in [6, 6.07) is 11.4. The van der Waals surface area contributed by atoms with Crippen LogP contribution in [0.3, 0.4) is 0 Å². The number of nitrogens with zero attached hydrogens (tertiary/aromatic N) is 2. The van der Waals surface area contributed by atoms with Gasteiger partial charge in [-0.05, 0) is 123 Å². The molecule has 6 heteroatoms. The second-order valence-corrected chi connectivity index (χ2v) is 11.6. The molecule has 2 aromatic rings. The van der Waals surface area contributed by atoms with Gasteiger partial charge in [0.15, 0.2) is 11.6 Å². The van der Waals surface area contributed by atoms with E-state index in [2.05, 4.69) is 41.0 Å². The van der Waals surface area contributed by atoms with Crippen LogP contribution in [0.25, 0.3) is 0 Å². The first-order valence-corrected chi connectivity index (χ1v) is 15.2. The van der Waals surface area contributed by atoms with Crippen molar-refractivity contribution in [3.05, 3.63) is 82.9 Å². The van der Waals surface area contributed by atoms with Crippen molar-refractivity contribution >= 4 is 0 Å². The van der Waals surface area contributed by atoms with E-state index in [4.69, 9.17) is 9.47 Å². The number of halogens is 1. The lowest BCUT2D eigenvalue weighted by molar-refractivity contribution is 0.147. The number of hydrogen-bond acceptors (Lipinski definition) is 5. The molecule has 1 aliphatic heterocycles. The zero-order chi connectivity index (χ0) is 27.9. The number of fused-ring (bicyclic) bond motifs is 1. The van der Waals surface area contributed by atoms with Crippen molar-refractivity contribution in [2.24, 2.45) is 11.8 Å². The Kier molecular flexibility index (Phi) is 9.82. The number of methoxy groups -OCH3 is 1. The number of rotatable bonds is 11. The van der Waals surface area contributed by atoms with Crippen LogP contribution in [0.15, 0.2) is 60.4 Å². The predicted molar refractivity (Wildman–Crippen MR) is 158 cm³/mol. The third-order valence-electron chi connectivity index (χ3n) is 8.98. The summed E-state index contributed by atoms with van der Waals surface area (Å²) in [5.74, 6) is 2.09. The highest BCUT2D eigenvalue weighted by Gasteiger charge is 2.34. The first kappa shape index (κ1) is 28.7. The van der Waals surface area contributed by atoms with Gasteiger partial charge in [-0.3, -0.25) is 4.90 Å². The summed E-state index contributed by atoms with van der Waals surface area (Å²) in [5, 5.41) is 9.91. The van der Waals surface area contributed by atoms with Crippen LogP contribution in [0.1, 0.15) is 55.7 Å². The summed E-state index contributed by atoms with van der Waals surface area (Å²) in [4.78, 5) is 4.91. The maximum absolute atomic E-state index is 15.1. The van der Waals surface area contributed by atoms with Crippen molar-refractivity contribution in [3.8, 4) is 11.5 Å². The lowest BCUT2D eigenvalue weighted by Crippen LogP contribution is -2.43. The molecule has 2 aromatic carbocycles. The Hall–Kier alpha value is -2.83. The van der Waals surface area contributed by atoms with Gasteiger partial charge >= 0.3 is 0 Å². The van der Waals surface area contributed by atoms with Crippen LogP contribution in [-0.2, 0) is 24.1 Å². The van der Waals surface area contributed by atoms with Crippen molar-refractivity contribution in [3.63, 3.8) is 0 Å². The maximum Gasteiger partial charge on any atom is 0.165 e. The summed E-state index contributed by atoms with van der Waals surface area (Å²) in [6.45, 7) is 7.58. The molecule has 3 atom stereocenters. The number of phenolic OH excluding ortho intramolecular Hbond substituents is 1. The van der Waals surface area contributed by atoms with Crippen LogP contribution >= 0.6 is 0 Å². The van der Waals surface area contributed by atoms with Crippen LogP contribution < -0.4 is 4.74 Å². The summed E-state index contributed by atoms with van der Waals surface area (Å²) >= 11 is 0. The van der Waals surface area contributed by atoms with E-state index >= 15 is 4.39 Å². The van der Waals surface area contributed by atoms with E-state index in [0.717, 1.165) is 50.1 Å². The van der Waals surface area contributed by atoms with Gasteiger partial charge in [-0.2, -0.15) is 0 Å². The van der Waals surface area contributed by atoms with Crippen molar-refractivity contribution in [1.29, 1.82) is 0 Å². The lowest BCUT2D eigenvalue weighted by Gasteiger charge is -2.41. The zero-order valence-electron chi connectivity index (χ0n) is 24.2. The predicted octanol–water partition coefficient (Wildman–Crippen LogP) is 6.50. The Morgan fingerprint density at radius 3 is 2.70 bits per heavy atom. The Morgan fingerprint density at radius 2 is 1.93 bits per heavy atom. The number of ether oxygens (including phenoxy) is 2. The molecule has 0 spiro atoms. The number of piperidine rings is 1. The Labute approximate surface area is 239 Å². The second kappa shape index (κ2) is 13.7. The van der Waals surface area contributed by atoms with E-state index in [1.807, 2.05) is 12.1 Å². The highest BCUT2D eigenvalue weighted by atomic mass is 19.1. The fraction of sp³-hybridized carbons (Fsp3) is 0.529. The molecule has 1 N–H and O–H groups in total. The fourth-order valence-corrected chi connectivity index (χ4v) is 6.75. The van der Waals surface area contributed by atoms with Gasteiger partial charge in [-0.1, -0.05) is 31.6 Å². The SMILES string of the molecule is CCN(Cc1ccc(OCCCN2CCCCC2)c(F)c1)C1C=C(OC)C=CC1[C@@H]1CCc2cc(O)ccc2C1. The van der Waals surface area contributed by atoms with Gasteiger partial charge in [-0.15, -0.1) is 0 Å². The number of benzene rings is 2. The molecule has 40 heavy (non-hydrogen) atoms. The third kappa shape index (κ3) is 7.08. The molecule has 1 fully saturated rings. The van der Waals surface area contributed by atoms with Crippen LogP contribution in [-0.4, -0.2) is 60.8 Å². The first-order valence-electron chi connectivity index (χ1n) is 15.2. The lowest BCUT2D eigenvalue weighted by atomic mass is 9.72. The summed E-state index contributed by atoms with van der Waals surface area (Å²) in [5.41, 5.74) is 3.54. The molecule has 0 amide bonds. The van der Waals surface area contributed by atoms with Gasteiger partial charge in [0.25, 0.3) is 0 Å². The molecule has 1 heterocycles. The monoisotopic (exact) mass is 548 g/mol. The van der Waals surface area contributed by atoms with E-state index < -0.39 is 0 Å². The first-order chi connectivity index (χ1) is 19.5. The third-order valence-corrected chi connectivity index (χ3v) is 8.98. The highest BCUT2D eigenvalue weighted by molar-refractivity contribution is 5.37. The minimum atomic E-state index is -0.285. The molecule has 0 aromatic heterocycles. The average Bonchev–Trinajstić information content (AvgIpc) is 2.99. The van der Waals surface area contributed by atoms with E-state index in [1.54, 1.807) is 25.3 Å². The van der Waals surface area contributed by atoms with Crippen LogP contribution in [0, 0.1) is 17.7 Å². The summed E-state index contributed by atoms with van der Waals surface area (Å²) in [6.07, 6.45) is 14.5. The standard InChI is InChI=1S/C34H45FN2O3/c1-3-37(24-25-8-15-34(32(35)20-25)40-19-7-18-36-16-5-4-6-17-36)33-23-30(39-2)13-14-31(33)28-10-9-27-22-29(38)12-11-26(27)21-28/h8,11-15,20,22-23,28,31,33,38H,3-7,9-10,16-19,21,24H2,1-2H3/t28-,31?,33?/m1/s1. The molecular formula is C34H45FN2O3. The largest absolute Gasteiger partial charge is 0.508 e. The number of likely N-dealkylation sites (tertiary alicyclic amines) is 1. The van der Waals surface area contributed by atoms with E-state index in [0.29, 0.717) is 36.5 Å². The van der Waals surface area contributed by atoms with Gasteiger partial charge in [0, 0.05) is 19.1 Å². The number of likely N-dealkylation sites (N-methyl/N-ethyl adjacent to an activating group) is 1. The quantitative estimate of drug-likeness (QED) is 0.325. The minimum Gasteiger partial charge on any atom is -0.508 e. The van der Waals surface area contributed by atoms with Gasteiger partial charge in [0.2, 0.25) is 0 Å². The second-order valence-electron chi connectivity index (χ2n) is 11.6. The number of aromatic hydroxyl groups is 1. The van der Waals surface area contributed by atoms with Crippen LogP contribution in [0.5, 0.6) is 11.5 Å². The number of allylic oxidation sites excluding steroid dienone is 1. The highest BCUT2D eigenvalue weighted by Crippen LogP contribution is 2.38. The van der Waals surface area contributed by atoms with Crippen LogP contribution in [0.2, 0.25) is 0 Å². The molecule has 0 bridgehead atoms. The van der Waals surface area contributed by atoms with Crippen molar-refractivity contribution < 1.29 is 19.0 Å². The maximum atomic E-state index is 15.1. The Bertz CT molecular complexity index is 1190. The fourth-order valence-electron chi connectivity index (χ4n) is 6.75. The summed E-state index contributed by atoms with van der Waals surface area (Å²) in [7, 11) is 1.72. The molecule has 5 rings (SSSR count). The van der Waals surface area contributed by atoms with Gasteiger partial charge in [-0.25, -0.2) is 4.39 Å². The van der Waals surface area contributed by atoms with E-state index in [1.165, 1.54) is 43.5 Å². The number of aryl methyl sites for hydroxylation is 1. The molecule has 5 nitrogen and oxygen atoms in total. The van der Waals surface area contributed by atoms with Gasteiger partial charge in [0.1, 0.15) is 11.5 Å². The zero-order valence-corrected chi connectivity index (χ0v) is 24.2. The summed E-state index contributed by atoms with van der Waals surface area (Å²) < 4.78 is 26.5. The smallest absolute Gasteiger partial charge is 0.165 e.